The topological polar surface area (TPSA) is 38.9 Å². The lowest BCUT2D eigenvalue weighted by molar-refractivity contribution is 1.07. The molecule has 2 N–H and O–H groups in total. The van der Waals surface area contributed by atoms with E-state index in [1.165, 1.54) is 21.6 Å². The predicted molar refractivity (Wildman–Crippen MR) is 95.1 cm³/mol. The second kappa shape index (κ2) is 6.03. The van der Waals surface area contributed by atoms with Crippen LogP contribution in [0.15, 0.2) is 42.5 Å². The van der Waals surface area contributed by atoms with Gasteiger partial charge in [-0.2, -0.15) is 0 Å². The summed E-state index contributed by atoms with van der Waals surface area (Å²) in [5, 5.41) is 1.05. The minimum atomic E-state index is 0.535. The Bertz CT molecular complexity index is 818. The normalized spacial score (nSPS) is 10.9. The minimum absolute atomic E-state index is 0.535. The van der Waals surface area contributed by atoms with Crippen LogP contribution < -0.4 is 5.73 Å². The van der Waals surface area contributed by atoms with Gasteiger partial charge >= 0.3 is 0 Å². The summed E-state index contributed by atoms with van der Waals surface area (Å²) in [5.41, 5.74) is 13.0. The molecule has 2 nitrogen and oxygen atoms in total. The van der Waals surface area contributed by atoms with Crippen molar-refractivity contribution in [3.05, 3.63) is 64.0 Å². The van der Waals surface area contributed by atoms with E-state index in [0.717, 1.165) is 21.8 Å². The van der Waals surface area contributed by atoms with Crippen LogP contribution in [0.2, 0.25) is 0 Å². The van der Waals surface area contributed by atoms with Gasteiger partial charge in [0.25, 0.3) is 0 Å². The SMILES string of the molecule is Cc1ccc(-c2nc(-c3ccccc3CN)sc2C)cc1C. The van der Waals surface area contributed by atoms with Gasteiger partial charge in [-0.1, -0.05) is 36.4 Å². The molecule has 0 unspecified atom stereocenters. The molecule has 0 spiro atoms. The smallest absolute Gasteiger partial charge is 0.124 e. The zero-order chi connectivity index (χ0) is 15.7. The fraction of sp³-hybridized carbons (Fsp3) is 0.211. The number of benzene rings is 2. The lowest BCUT2D eigenvalue weighted by Crippen LogP contribution is -1.98. The average Bonchev–Trinajstić information content (AvgIpc) is 2.92. The van der Waals surface area contributed by atoms with Crippen LogP contribution in [-0.2, 0) is 6.54 Å². The molecule has 0 amide bonds. The largest absolute Gasteiger partial charge is 0.326 e. The molecule has 3 heteroatoms. The fourth-order valence-electron chi connectivity index (χ4n) is 2.58. The highest BCUT2D eigenvalue weighted by atomic mass is 32.1. The number of nitrogens with zero attached hydrogens (tertiary/aromatic N) is 1. The van der Waals surface area contributed by atoms with E-state index in [1.807, 2.05) is 12.1 Å². The lowest BCUT2D eigenvalue weighted by atomic mass is 10.0. The molecule has 22 heavy (non-hydrogen) atoms. The maximum absolute atomic E-state index is 5.86. The Hall–Kier alpha value is -1.97. The van der Waals surface area contributed by atoms with Gasteiger partial charge in [-0.05, 0) is 43.5 Å². The number of rotatable bonds is 3. The Labute approximate surface area is 135 Å². The van der Waals surface area contributed by atoms with E-state index < -0.39 is 0 Å². The second-order valence-corrected chi connectivity index (χ2v) is 6.79. The molecule has 0 aliphatic carbocycles. The van der Waals surface area contributed by atoms with Crippen LogP contribution in [0.5, 0.6) is 0 Å². The zero-order valence-corrected chi connectivity index (χ0v) is 14.0. The molecule has 1 aromatic heterocycles. The quantitative estimate of drug-likeness (QED) is 0.750. The van der Waals surface area contributed by atoms with Crippen molar-refractivity contribution in [2.24, 2.45) is 5.73 Å². The Kier molecular flexibility index (Phi) is 4.10. The van der Waals surface area contributed by atoms with Gasteiger partial charge in [0.2, 0.25) is 0 Å². The fourth-order valence-corrected chi connectivity index (χ4v) is 3.57. The zero-order valence-electron chi connectivity index (χ0n) is 13.2. The summed E-state index contributed by atoms with van der Waals surface area (Å²) in [4.78, 5) is 6.13. The van der Waals surface area contributed by atoms with Crippen LogP contribution >= 0.6 is 11.3 Å². The molecule has 0 aliphatic heterocycles. The highest BCUT2D eigenvalue weighted by Gasteiger charge is 2.13. The van der Waals surface area contributed by atoms with Crippen molar-refractivity contribution < 1.29 is 0 Å². The van der Waals surface area contributed by atoms with Gasteiger partial charge in [0.1, 0.15) is 5.01 Å². The van der Waals surface area contributed by atoms with E-state index in [9.17, 15) is 0 Å². The summed E-state index contributed by atoms with van der Waals surface area (Å²) in [6.45, 7) is 6.95. The van der Waals surface area contributed by atoms with Crippen LogP contribution in [0.3, 0.4) is 0 Å². The molecule has 0 radical (unpaired) electrons. The molecule has 0 fully saturated rings. The standard InChI is InChI=1S/C19H20N2S/c1-12-8-9-15(10-13(12)2)18-14(3)22-19(21-18)17-7-5-4-6-16(17)11-20/h4-10H,11,20H2,1-3H3. The molecule has 0 saturated carbocycles. The number of aryl methyl sites for hydroxylation is 3. The van der Waals surface area contributed by atoms with E-state index in [2.05, 4.69) is 51.1 Å². The van der Waals surface area contributed by atoms with Gasteiger partial charge in [0, 0.05) is 22.5 Å². The van der Waals surface area contributed by atoms with Crippen LogP contribution in [0.25, 0.3) is 21.8 Å². The van der Waals surface area contributed by atoms with Crippen molar-refractivity contribution in [2.75, 3.05) is 0 Å². The third-order valence-electron chi connectivity index (χ3n) is 4.04. The molecule has 3 rings (SSSR count). The van der Waals surface area contributed by atoms with E-state index in [1.54, 1.807) is 11.3 Å². The van der Waals surface area contributed by atoms with Gasteiger partial charge < -0.3 is 5.73 Å². The molecule has 112 valence electrons. The molecular formula is C19H20N2S. The van der Waals surface area contributed by atoms with Crippen molar-refractivity contribution in [2.45, 2.75) is 27.3 Å². The minimum Gasteiger partial charge on any atom is -0.326 e. The summed E-state index contributed by atoms with van der Waals surface area (Å²) in [7, 11) is 0. The van der Waals surface area contributed by atoms with Gasteiger partial charge in [-0.15, -0.1) is 11.3 Å². The summed E-state index contributed by atoms with van der Waals surface area (Å²) in [5.74, 6) is 0. The molecule has 3 aromatic rings. The van der Waals surface area contributed by atoms with Gasteiger partial charge in [-0.25, -0.2) is 4.98 Å². The first-order valence-electron chi connectivity index (χ1n) is 7.43. The Morgan fingerprint density at radius 1 is 1.00 bits per heavy atom. The van der Waals surface area contributed by atoms with E-state index in [0.29, 0.717) is 6.54 Å². The highest BCUT2D eigenvalue weighted by Crippen LogP contribution is 2.35. The van der Waals surface area contributed by atoms with E-state index >= 15 is 0 Å². The Morgan fingerprint density at radius 3 is 2.50 bits per heavy atom. The van der Waals surface area contributed by atoms with Gasteiger partial charge in [-0.3, -0.25) is 0 Å². The molecule has 0 atom stereocenters. The number of aromatic nitrogens is 1. The van der Waals surface area contributed by atoms with Gasteiger partial charge in [0.15, 0.2) is 0 Å². The van der Waals surface area contributed by atoms with Crippen LogP contribution in [0.4, 0.5) is 0 Å². The van der Waals surface area contributed by atoms with Crippen molar-refractivity contribution in [1.82, 2.24) is 4.98 Å². The summed E-state index contributed by atoms with van der Waals surface area (Å²) in [6.07, 6.45) is 0. The first-order chi connectivity index (χ1) is 10.6. The first-order valence-corrected chi connectivity index (χ1v) is 8.25. The number of nitrogens with two attached hydrogens (primary N) is 1. The molecular weight excluding hydrogens is 288 g/mol. The van der Waals surface area contributed by atoms with Crippen molar-refractivity contribution >= 4 is 11.3 Å². The lowest BCUT2D eigenvalue weighted by Gasteiger charge is -2.04. The molecule has 0 saturated heterocycles. The van der Waals surface area contributed by atoms with Gasteiger partial charge in [0.05, 0.1) is 5.69 Å². The third-order valence-corrected chi connectivity index (χ3v) is 5.05. The summed E-state index contributed by atoms with van der Waals surface area (Å²) >= 11 is 1.74. The predicted octanol–water partition coefficient (Wildman–Crippen LogP) is 4.86. The average molecular weight is 308 g/mol. The van der Waals surface area contributed by atoms with Crippen molar-refractivity contribution in [3.8, 4) is 21.8 Å². The maximum atomic E-state index is 5.86. The van der Waals surface area contributed by atoms with Crippen molar-refractivity contribution in [1.29, 1.82) is 0 Å². The molecule has 0 aliphatic rings. The molecule has 1 heterocycles. The molecule has 0 bridgehead atoms. The van der Waals surface area contributed by atoms with Crippen LogP contribution in [0.1, 0.15) is 21.6 Å². The highest BCUT2D eigenvalue weighted by molar-refractivity contribution is 7.15. The third kappa shape index (κ3) is 2.70. The van der Waals surface area contributed by atoms with E-state index in [-0.39, 0.29) is 0 Å². The number of thiazole rings is 1. The number of hydrogen-bond donors (Lipinski definition) is 1. The van der Waals surface area contributed by atoms with Crippen LogP contribution in [0, 0.1) is 20.8 Å². The van der Waals surface area contributed by atoms with E-state index in [4.69, 9.17) is 10.7 Å². The first kappa shape index (κ1) is 14.9. The summed E-state index contributed by atoms with van der Waals surface area (Å²) < 4.78 is 0. The van der Waals surface area contributed by atoms with Crippen LogP contribution in [-0.4, -0.2) is 4.98 Å². The number of hydrogen-bond acceptors (Lipinski definition) is 3. The molecule has 2 aromatic carbocycles. The Balaban J connectivity index is 2.09. The second-order valence-electron chi connectivity index (χ2n) is 5.58. The Morgan fingerprint density at radius 2 is 1.77 bits per heavy atom. The monoisotopic (exact) mass is 308 g/mol. The maximum Gasteiger partial charge on any atom is 0.124 e. The summed E-state index contributed by atoms with van der Waals surface area (Å²) in [6, 6.07) is 14.8. The van der Waals surface area contributed by atoms with Crippen molar-refractivity contribution in [3.63, 3.8) is 0 Å².